The minimum absolute atomic E-state index is 0.0767. The zero-order chi connectivity index (χ0) is 12.5. The summed E-state index contributed by atoms with van der Waals surface area (Å²) in [6.07, 6.45) is 2.72. The van der Waals surface area contributed by atoms with Gasteiger partial charge in [-0.1, -0.05) is 12.5 Å². The molecule has 4 nitrogen and oxygen atoms in total. The summed E-state index contributed by atoms with van der Waals surface area (Å²) < 4.78 is 0. The van der Waals surface area contributed by atoms with Crippen LogP contribution in [0.5, 0.6) is 5.75 Å². The molecule has 1 aliphatic carbocycles. The van der Waals surface area contributed by atoms with Crippen LogP contribution in [-0.2, 0) is 4.79 Å². The third kappa shape index (κ3) is 2.13. The van der Waals surface area contributed by atoms with E-state index in [0.29, 0.717) is 12.2 Å². The Bertz CT molecular complexity index is 434. The van der Waals surface area contributed by atoms with E-state index in [1.165, 1.54) is 0 Å². The van der Waals surface area contributed by atoms with Crippen LogP contribution in [0.4, 0.5) is 5.69 Å². The Labute approximate surface area is 101 Å². The topological polar surface area (TPSA) is 75.3 Å². The molecule has 1 aromatic carbocycles. The maximum Gasteiger partial charge on any atom is 0.231 e. The summed E-state index contributed by atoms with van der Waals surface area (Å²) in [5, 5.41) is 12.4. The van der Waals surface area contributed by atoms with E-state index >= 15 is 0 Å². The van der Waals surface area contributed by atoms with Crippen LogP contribution in [0.15, 0.2) is 18.2 Å². The van der Waals surface area contributed by atoms with Gasteiger partial charge < -0.3 is 16.2 Å². The van der Waals surface area contributed by atoms with Crippen molar-refractivity contribution in [3.05, 3.63) is 23.8 Å². The summed E-state index contributed by atoms with van der Waals surface area (Å²) in [7, 11) is 0. The highest BCUT2D eigenvalue weighted by Crippen LogP contribution is 2.41. The number of carbonyl (C=O) groups is 1. The number of aryl methyl sites for hydroxylation is 1. The Balaban J connectivity index is 2.15. The van der Waals surface area contributed by atoms with Gasteiger partial charge in [-0.15, -0.1) is 0 Å². The number of hydrogen-bond acceptors (Lipinski definition) is 3. The molecule has 0 heterocycles. The molecule has 92 valence electrons. The third-order valence-corrected chi connectivity index (χ3v) is 3.58. The fourth-order valence-corrected chi connectivity index (χ4v) is 2.13. The molecule has 0 aromatic heterocycles. The minimum atomic E-state index is -0.420. The van der Waals surface area contributed by atoms with Crippen LogP contribution in [0.2, 0.25) is 0 Å². The van der Waals surface area contributed by atoms with Crippen molar-refractivity contribution < 1.29 is 9.90 Å². The summed E-state index contributed by atoms with van der Waals surface area (Å²) in [4.78, 5) is 12.1. The molecule has 0 spiro atoms. The molecule has 4 heteroatoms. The summed E-state index contributed by atoms with van der Waals surface area (Å²) in [5.41, 5.74) is 6.71. The number of amides is 1. The monoisotopic (exact) mass is 234 g/mol. The smallest absolute Gasteiger partial charge is 0.231 e. The Morgan fingerprint density at radius 3 is 2.76 bits per heavy atom. The molecule has 0 atom stereocenters. The first-order chi connectivity index (χ1) is 8.07. The maximum atomic E-state index is 12.1. The highest BCUT2D eigenvalue weighted by molar-refractivity contribution is 5.97. The van der Waals surface area contributed by atoms with Crippen LogP contribution in [0.3, 0.4) is 0 Å². The molecule has 4 N–H and O–H groups in total. The molecule has 17 heavy (non-hydrogen) atoms. The number of phenols is 1. The van der Waals surface area contributed by atoms with Crippen molar-refractivity contribution in [3.63, 3.8) is 0 Å². The van der Waals surface area contributed by atoms with E-state index in [9.17, 15) is 9.90 Å². The number of nitrogens with two attached hydrogens (primary N) is 1. The van der Waals surface area contributed by atoms with Crippen molar-refractivity contribution >= 4 is 11.6 Å². The number of hydrogen-bond donors (Lipinski definition) is 3. The van der Waals surface area contributed by atoms with E-state index in [1.54, 1.807) is 18.2 Å². The van der Waals surface area contributed by atoms with Crippen LogP contribution in [0.25, 0.3) is 0 Å². The second-order valence-electron chi connectivity index (χ2n) is 4.81. The quantitative estimate of drug-likeness (QED) is 0.698. The van der Waals surface area contributed by atoms with Gasteiger partial charge in [0.15, 0.2) is 0 Å². The fourth-order valence-electron chi connectivity index (χ4n) is 2.13. The number of rotatable bonds is 3. The van der Waals surface area contributed by atoms with Gasteiger partial charge in [0, 0.05) is 6.54 Å². The first-order valence-electron chi connectivity index (χ1n) is 5.88. The molecular formula is C13H18N2O2. The Morgan fingerprint density at radius 2 is 2.24 bits per heavy atom. The summed E-state index contributed by atoms with van der Waals surface area (Å²) in [5.74, 6) is 0.0163. The normalized spacial score (nSPS) is 17.3. The number of anilines is 1. The van der Waals surface area contributed by atoms with Crippen molar-refractivity contribution in [1.82, 2.24) is 0 Å². The number of carbonyl (C=O) groups excluding carboxylic acids is 1. The van der Waals surface area contributed by atoms with Gasteiger partial charge in [-0.3, -0.25) is 4.79 Å². The predicted molar refractivity (Wildman–Crippen MR) is 66.8 cm³/mol. The van der Waals surface area contributed by atoms with Gasteiger partial charge >= 0.3 is 0 Å². The summed E-state index contributed by atoms with van der Waals surface area (Å²) in [6.45, 7) is 2.28. The number of benzene rings is 1. The second kappa shape index (κ2) is 4.37. The van der Waals surface area contributed by atoms with Crippen LogP contribution < -0.4 is 11.1 Å². The van der Waals surface area contributed by atoms with Gasteiger partial charge in [0.05, 0.1) is 11.1 Å². The lowest BCUT2D eigenvalue weighted by Crippen LogP contribution is -2.47. The molecule has 1 fully saturated rings. The van der Waals surface area contributed by atoms with Gasteiger partial charge in [-0.25, -0.2) is 0 Å². The van der Waals surface area contributed by atoms with Crippen molar-refractivity contribution in [2.45, 2.75) is 26.2 Å². The molecule has 1 amide bonds. The molecule has 0 aliphatic heterocycles. The van der Waals surface area contributed by atoms with Crippen molar-refractivity contribution in [2.24, 2.45) is 11.1 Å². The second-order valence-corrected chi connectivity index (χ2v) is 4.81. The van der Waals surface area contributed by atoms with E-state index in [4.69, 9.17) is 5.73 Å². The summed E-state index contributed by atoms with van der Waals surface area (Å²) >= 11 is 0. The van der Waals surface area contributed by atoms with Gasteiger partial charge in [-0.05, 0) is 37.5 Å². The summed E-state index contributed by atoms with van der Waals surface area (Å²) in [6, 6.07) is 5.14. The van der Waals surface area contributed by atoms with Crippen LogP contribution in [0, 0.1) is 12.3 Å². The minimum Gasteiger partial charge on any atom is -0.506 e. The predicted octanol–water partition coefficient (Wildman–Crippen LogP) is 1.77. The lowest BCUT2D eigenvalue weighted by atomic mass is 9.68. The van der Waals surface area contributed by atoms with Crippen molar-refractivity contribution in [1.29, 1.82) is 0 Å². The highest BCUT2D eigenvalue weighted by Gasteiger charge is 2.42. The Kier molecular flexibility index (Phi) is 3.07. The number of phenolic OH excluding ortho intramolecular Hbond substituents is 1. The molecule has 2 rings (SSSR count). The van der Waals surface area contributed by atoms with Crippen LogP contribution in [-0.4, -0.2) is 17.6 Å². The molecule has 0 unspecified atom stereocenters. The molecule has 0 bridgehead atoms. The van der Waals surface area contributed by atoms with Gasteiger partial charge in [0.2, 0.25) is 5.91 Å². The Morgan fingerprint density at radius 1 is 1.53 bits per heavy atom. The molecule has 0 radical (unpaired) electrons. The van der Waals surface area contributed by atoms with Crippen LogP contribution >= 0.6 is 0 Å². The SMILES string of the molecule is Cc1ccc(O)c(NC(=O)C2(CN)CCC2)c1. The zero-order valence-corrected chi connectivity index (χ0v) is 9.99. The zero-order valence-electron chi connectivity index (χ0n) is 9.99. The highest BCUT2D eigenvalue weighted by atomic mass is 16.3. The van der Waals surface area contributed by atoms with Gasteiger partial charge in [-0.2, -0.15) is 0 Å². The molecule has 1 aromatic rings. The van der Waals surface area contributed by atoms with Crippen LogP contribution in [0.1, 0.15) is 24.8 Å². The van der Waals surface area contributed by atoms with E-state index < -0.39 is 5.41 Å². The van der Waals surface area contributed by atoms with Gasteiger partial charge in [0.1, 0.15) is 5.75 Å². The molecular weight excluding hydrogens is 216 g/mol. The molecule has 1 saturated carbocycles. The van der Waals surface area contributed by atoms with E-state index in [2.05, 4.69) is 5.32 Å². The lowest BCUT2D eigenvalue weighted by Gasteiger charge is -2.39. The molecule has 1 aliphatic rings. The first-order valence-corrected chi connectivity index (χ1v) is 5.88. The average molecular weight is 234 g/mol. The number of nitrogens with one attached hydrogen (secondary N) is 1. The fraction of sp³-hybridized carbons (Fsp3) is 0.462. The van der Waals surface area contributed by atoms with Crippen molar-refractivity contribution in [2.75, 3.05) is 11.9 Å². The first kappa shape index (κ1) is 11.9. The van der Waals surface area contributed by atoms with Gasteiger partial charge in [0.25, 0.3) is 0 Å². The van der Waals surface area contributed by atoms with E-state index in [-0.39, 0.29) is 11.7 Å². The van der Waals surface area contributed by atoms with E-state index in [0.717, 1.165) is 24.8 Å². The molecule has 0 saturated heterocycles. The van der Waals surface area contributed by atoms with Crippen molar-refractivity contribution in [3.8, 4) is 5.75 Å². The van der Waals surface area contributed by atoms with E-state index in [1.807, 2.05) is 6.92 Å². The third-order valence-electron chi connectivity index (χ3n) is 3.58. The largest absolute Gasteiger partial charge is 0.506 e. The number of aromatic hydroxyl groups is 1. The Hall–Kier alpha value is -1.55. The average Bonchev–Trinajstić information content (AvgIpc) is 2.23. The lowest BCUT2D eigenvalue weighted by molar-refractivity contribution is -0.129. The maximum absolute atomic E-state index is 12.1. The standard InChI is InChI=1S/C13H18N2O2/c1-9-3-4-11(16)10(7-9)15-12(17)13(8-14)5-2-6-13/h3-4,7,16H,2,5-6,8,14H2,1H3,(H,15,17).